The zero-order valence-electron chi connectivity index (χ0n) is 9.15. The number of halogens is 1. The van der Waals surface area contributed by atoms with Crippen molar-refractivity contribution in [2.75, 3.05) is 6.54 Å². The van der Waals surface area contributed by atoms with E-state index in [1.54, 1.807) is 12.5 Å². The minimum Gasteiger partial charge on any atom is -0.313 e. The predicted molar refractivity (Wildman–Crippen MR) is 68.6 cm³/mol. The van der Waals surface area contributed by atoms with Crippen LogP contribution < -0.4 is 5.32 Å². The predicted octanol–water partition coefficient (Wildman–Crippen LogP) is 2.74. The number of benzene rings is 1. The van der Waals surface area contributed by atoms with Gasteiger partial charge in [0.25, 0.3) is 0 Å². The summed E-state index contributed by atoms with van der Waals surface area (Å²) >= 11 is 3.58. The van der Waals surface area contributed by atoms with Crippen LogP contribution in [-0.2, 0) is 6.54 Å². The molecule has 1 aromatic heterocycles. The summed E-state index contributed by atoms with van der Waals surface area (Å²) in [6, 6.07) is 6.36. The molecular formula is C12H14BrN3. The maximum Gasteiger partial charge on any atom is 0.0992 e. The monoisotopic (exact) mass is 279 g/mol. The highest BCUT2D eigenvalue weighted by atomic mass is 79.9. The topological polar surface area (TPSA) is 29.9 Å². The Morgan fingerprint density at radius 3 is 2.94 bits per heavy atom. The summed E-state index contributed by atoms with van der Waals surface area (Å²) in [6.07, 6.45) is 5.51. The lowest BCUT2D eigenvalue weighted by atomic mass is 10.2. The fourth-order valence-electron chi connectivity index (χ4n) is 1.54. The van der Waals surface area contributed by atoms with Gasteiger partial charge in [-0.05, 0) is 40.2 Å². The number of nitrogens with one attached hydrogen (secondary N) is 1. The first-order valence-corrected chi connectivity index (χ1v) is 6.08. The molecule has 84 valence electrons. The summed E-state index contributed by atoms with van der Waals surface area (Å²) in [5.74, 6) is 0. The van der Waals surface area contributed by atoms with Crippen LogP contribution in [0.4, 0.5) is 0 Å². The molecule has 0 fully saturated rings. The SMILES string of the molecule is CCNCc1ccc(-n2ccnc2)c(Br)c1. The van der Waals surface area contributed by atoms with Crippen LogP contribution in [0.1, 0.15) is 12.5 Å². The quantitative estimate of drug-likeness (QED) is 0.933. The van der Waals surface area contributed by atoms with Crippen molar-refractivity contribution < 1.29 is 0 Å². The molecule has 1 aromatic carbocycles. The van der Waals surface area contributed by atoms with Gasteiger partial charge in [0.15, 0.2) is 0 Å². The zero-order valence-corrected chi connectivity index (χ0v) is 10.7. The molecule has 0 saturated heterocycles. The van der Waals surface area contributed by atoms with Crippen molar-refractivity contribution in [1.29, 1.82) is 0 Å². The van der Waals surface area contributed by atoms with Crippen LogP contribution in [0, 0.1) is 0 Å². The Hall–Kier alpha value is -1.13. The Balaban J connectivity index is 2.23. The van der Waals surface area contributed by atoms with Gasteiger partial charge >= 0.3 is 0 Å². The highest BCUT2D eigenvalue weighted by Gasteiger charge is 2.02. The Kier molecular flexibility index (Phi) is 3.74. The summed E-state index contributed by atoms with van der Waals surface area (Å²) in [5.41, 5.74) is 2.38. The molecule has 0 spiro atoms. The normalized spacial score (nSPS) is 10.6. The van der Waals surface area contributed by atoms with Gasteiger partial charge in [-0.25, -0.2) is 4.98 Å². The number of rotatable bonds is 4. The summed E-state index contributed by atoms with van der Waals surface area (Å²) in [6.45, 7) is 4.00. The Morgan fingerprint density at radius 2 is 2.31 bits per heavy atom. The number of aromatic nitrogens is 2. The maximum absolute atomic E-state index is 4.04. The molecule has 0 bridgehead atoms. The van der Waals surface area contributed by atoms with Crippen molar-refractivity contribution in [3.05, 3.63) is 47.0 Å². The lowest BCUT2D eigenvalue weighted by Crippen LogP contribution is -2.11. The van der Waals surface area contributed by atoms with Gasteiger partial charge in [0.05, 0.1) is 12.0 Å². The molecule has 16 heavy (non-hydrogen) atoms. The number of hydrogen-bond donors (Lipinski definition) is 1. The van der Waals surface area contributed by atoms with E-state index in [1.165, 1.54) is 5.56 Å². The molecule has 0 aliphatic carbocycles. The maximum atomic E-state index is 4.04. The minimum absolute atomic E-state index is 0.902. The van der Waals surface area contributed by atoms with Crippen molar-refractivity contribution in [2.45, 2.75) is 13.5 Å². The highest BCUT2D eigenvalue weighted by molar-refractivity contribution is 9.10. The van der Waals surface area contributed by atoms with E-state index in [-0.39, 0.29) is 0 Å². The fraction of sp³-hybridized carbons (Fsp3) is 0.250. The Labute approximate surface area is 104 Å². The molecule has 2 aromatic rings. The summed E-state index contributed by atoms with van der Waals surface area (Å²) in [4.78, 5) is 4.04. The smallest absolute Gasteiger partial charge is 0.0992 e. The zero-order chi connectivity index (χ0) is 11.4. The molecule has 0 aliphatic rings. The van der Waals surface area contributed by atoms with Gasteiger partial charge in [-0.2, -0.15) is 0 Å². The molecular weight excluding hydrogens is 266 g/mol. The van der Waals surface area contributed by atoms with E-state index in [0.29, 0.717) is 0 Å². The number of hydrogen-bond acceptors (Lipinski definition) is 2. The molecule has 0 atom stereocenters. The molecule has 4 heteroatoms. The van der Waals surface area contributed by atoms with E-state index >= 15 is 0 Å². The Morgan fingerprint density at radius 1 is 1.44 bits per heavy atom. The summed E-state index contributed by atoms with van der Waals surface area (Å²) < 4.78 is 3.07. The van der Waals surface area contributed by atoms with Gasteiger partial charge in [-0.1, -0.05) is 13.0 Å². The van der Waals surface area contributed by atoms with Crippen LogP contribution in [0.3, 0.4) is 0 Å². The van der Waals surface area contributed by atoms with Crippen molar-refractivity contribution in [3.63, 3.8) is 0 Å². The third-order valence-corrected chi connectivity index (χ3v) is 3.01. The van der Waals surface area contributed by atoms with E-state index in [9.17, 15) is 0 Å². The highest BCUT2D eigenvalue weighted by Crippen LogP contribution is 2.22. The van der Waals surface area contributed by atoms with Crippen molar-refractivity contribution >= 4 is 15.9 Å². The van der Waals surface area contributed by atoms with E-state index in [1.807, 2.05) is 10.8 Å². The first-order chi connectivity index (χ1) is 7.81. The number of imidazole rings is 1. The molecule has 1 heterocycles. The van der Waals surface area contributed by atoms with Crippen LogP contribution in [0.5, 0.6) is 0 Å². The molecule has 0 radical (unpaired) electrons. The molecule has 0 saturated carbocycles. The first-order valence-electron chi connectivity index (χ1n) is 5.28. The molecule has 1 N–H and O–H groups in total. The van der Waals surface area contributed by atoms with Gasteiger partial charge in [-0.3, -0.25) is 0 Å². The van der Waals surface area contributed by atoms with Gasteiger partial charge < -0.3 is 9.88 Å². The third-order valence-electron chi connectivity index (χ3n) is 2.37. The molecule has 3 nitrogen and oxygen atoms in total. The van der Waals surface area contributed by atoms with Crippen molar-refractivity contribution in [2.24, 2.45) is 0 Å². The standard InChI is InChI=1S/C12H14BrN3/c1-2-14-8-10-3-4-12(11(13)7-10)16-6-5-15-9-16/h3-7,9,14H,2,8H2,1H3. The van der Waals surface area contributed by atoms with Gasteiger partial charge in [0, 0.05) is 23.4 Å². The van der Waals surface area contributed by atoms with E-state index in [2.05, 4.69) is 51.4 Å². The fourth-order valence-corrected chi connectivity index (χ4v) is 2.17. The van der Waals surface area contributed by atoms with E-state index in [0.717, 1.165) is 23.2 Å². The second-order valence-corrected chi connectivity index (χ2v) is 4.39. The van der Waals surface area contributed by atoms with Crippen LogP contribution in [0.15, 0.2) is 41.4 Å². The van der Waals surface area contributed by atoms with Crippen LogP contribution in [-0.4, -0.2) is 16.1 Å². The Bertz CT molecular complexity index is 451. The molecule has 0 amide bonds. The molecule has 0 unspecified atom stereocenters. The third kappa shape index (κ3) is 2.51. The minimum atomic E-state index is 0.902. The second kappa shape index (κ2) is 5.27. The largest absolute Gasteiger partial charge is 0.313 e. The lowest BCUT2D eigenvalue weighted by molar-refractivity contribution is 0.726. The van der Waals surface area contributed by atoms with Crippen molar-refractivity contribution in [1.82, 2.24) is 14.9 Å². The van der Waals surface area contributed by atoms with E-state index < -0.39 is 0 Å². The van der Waals surface area contributed by atoms with Crippen molar-refractivity contribution in [3.8, 4) is 5.69 Å². The number of nitrogens with zero attached hydrogens (tertiary/aromatic N) is 2. The summed E-state index contributed by atoms with van der Waals surface area (Å²) in [7, 11) is 0. The summed E-state index contributed by atoms with van der Waals surface area (Å²) in [5, 5.41) is 3.31. The van der Waals surface area contributed by atoms with E-state index in [4.69, 9.17) is 0 Å². The van der Waals surface area contributed by atoms with Crippen LogP contribution in [0.25, 0.3) is 5.69 Å². The van der Waals surface area contributed by atoms with Crippen LogP contribution in [0.2, 0.25) is 0 Å². The van der Waals surface area contributed by atoms with Gasteiger partial charge in [-0.15, -0.1) is 0 Å². The van der Waals surface area contributed by atoms with Crippen LogP contribution >= 0.6 is 15.9 Å². The van der Waals surface area contributed by atoms with Gasteiger partial charge in [0.2, 0.25) is 0 Å². The molecule has 2 rings (SSSR count). The molecule has 0 aliphatic heterocycles. The average molecular weight is 280 g/mol. The average Bonchev–Trinajstić information content (AvgIpc) is 2.80. The lowest BCUT2D eigenvalue weighted by Gasteiger charge is -2.08. The van der Waals surface area contributed by atoms with Gasteiger partial charge in [0.1, 0.15) is 0 Å². The second-order valence-electron chi connectivity index (χ2n) is 3.54. The first kappa shape index (κ1) is 11.4.